The molecular formula is C10H10FNS. The van der Waals surface area contributed by atoms with E-state index in [1.807, 2.05) is 13.0 Å². The summed E-state index contributed by atoms with van der Waals surface area (Å²) in [6.45, 7) is 2.48. The standard InChI is InChI=1S/C10H10FNS/c1-6-7-3-2-4-8(11)10(7)13-9(6)5-12/h2-4H,5,12H2,1H3. The number of fused-ring (bicyclic) bond motifs is 1. The number of thiophene rings is 1. The molecule has 0 bridgehead atoms. The average Bonchev–Trinajstić information content (AvgIpc) is 2.45. The van der Waals surface area contributed by atoms with Gasteiger partial charge in [0, 0.05) is 11.4 Å². The third kappa shape index (κ3) is 1.24. The minimum Gasteiger partial charge on any atom is -0.326 e. The Hall–Kier alpha value is -0.930. The second kappa shape index (κ2) is 3.09. The fourth-order valence-electron chi connectivity index (χ4n) is 1.45. The summed E-state index contributed by atoms with van der Waals surface area (Å²) in [6.07, 6.45) is 0. The molecule has 0 radical (unpaired) electrons. The Bertz CT molecular complexity index is 447. The molecule has 0 fully saturated rings. The first-order valence-corrected chi connectivity index (χ1v) is 4.92. The zero-order valence-corrected chi connectivity index (χ0v) is 8.12. The SMILES string of the molecule is Cc1c(CN)sc2c(F)cccc12. The lowest BCUT2D eigenvalue weighted by atomic mass is 10.1. The number of halogens is 1. The number of rotatable bonds is 1. The maximum Gasteiger partial charge on any atom is 0.141 e. The Balaban J connectivity index is 2.83. The van der Waals surface area contributed by atoms with Crippen LogP contribution in [0.2, 0.25) is 0 Å². The van der Waals surface area contributed by atoms with Gasteiger partial charge in [0.25, 0.3) is 0 Å². The van der Waals surface area contributed by atoms with Crippen molar-refractivity contribution in [3.05, 3.63) is 34.5 Å². The van der Waals surface area contributed by atoms with Crippen LogP contribution in [0.5, 0.6) is 0 Å². The van der Waals surface area contributed by atoms with Gasteiger partial charge in [0.1, 0.15) is 5.82 Å². The van der Waals surface area contributed by atoms with Crippen molar-refractivity contribution in [1.29, 1.82) is 0 Å². The zero-order chi connectivity index (χ0) is 9.42. The molecule has 0 aliphatic rings. The van der Waals surface area contributed by atoms with Crippen LogP contribution in [0.25, 0.3) is 10.1 Å². The summed E-state index contributed by atoms with van der Waals surface area (Å²) < 4.78 is 14.0. The van der Waals surface area contributed by atoms with Crippen LogP contribution in [0.4, 0.5) is 4.39 Å². The number of hydrogen-bond donors (Lipinski definition) is 1. The molecule has 1 aromatic heterocycles. The molecule has 1 aromatic carbocycles. The zero-order valence-electron chi connectivity index (χ0n) is 7.30. The number of aryl methyl sites for hydroxylation is 1. The molecule has 68 valence electrons. The second-order valence-electron chi connectivity index (χ2n) is 2.97. The molecule has 2 aromatic rings. The van der Waals surface area contributed by atoms with E-state index in [1.54, 1.807) is 6.07 Å². The van der Waals surface area contributed by atoms with E-state index in [2.05, 4.69) is 0 Å². The fourth-order valence-corrected chi connectivity index (χ4v) is 2.54. The quantitative estimate of drug-likeness (QED) is 0.744. The van der Waals surface area contributed by atoms with E-state index in [0.717, 1.165) is 20.5 Å². The molecule has 0 saturated carbocycles. The number of benzene rings is 1. The first-order chi connectivity index (χ1) is 6.24. The molecule has 0 amide bonds. The Kier molecular flexibility index (Phi) is 2.06. The van der Waals surface area contributed by atoms with Gasteiger partial charge in [-0.3, -0.25) is 0 Å². The highest BCUT2D eigenvalue weighted by Gasteiger charge is 2.09. The van der Waals surface area contributed by atoms with Crippen LogP contribution in [0, 0.1) is 12.7 Å². The van der Waals surface area contributed by atoms with Gasteiger partial charge in [-0.2, -0.15) is 0 Å². The van der Waals surface area contributed by atoms with Crippen LogP contribution in [-0.4, -0.2) is 0 Å². The van der Waals surface area contributed by atoms with Crippen LogP contribution in [0.3, 0.4) is 0 Å². The van der Waals surface area contributed by atoms with E-state index in [1.165, 1.54) is 17.4 Å². The van der Waals surface area contributed by atoms with Gasteiger partial charge in [0.2, 0.25) is 0 Å². The summed E-state index contributed by atoms with van der Waals surface area (Å²) in [7, 11) is 0. The number of hydrogen-bond acceptors (Lipinski definition) is 2. The highest BCUT2D eigenvalue weighted by atomic mass is 32.1. The van der Waals surface area contributed by atoms with Crippen LogP contribution in [-0.2, 0) is 6.54 Å². The van der Waals surface area contributed by atoms with Crippen molar-refractivity contribution < 1.29 is 4.39 Å². The van der Waals surface area contributed by atoms with Crippen molar-refractivity contribution in [2.75, 3.05) is 0 Å². The molecule has 1 heterocycles. The summed E-state index contributed by atoms with van der Waals surface area (Å²) in [4.78, 5) is 1.07. The van der Waals surface area contributed by atoms with E-state index in [0.29, 0.717) is 6.54 Å². The van der Waals surface area contributed by atoms with E-state index < -0.39 is 0 Å². The summed E-state index contributed by atoms with van der Waals surface area (Å²) in [5.41, 5.74) is 6.67. The largest absolute Gasteiger partial charge is 0.326 e. The summed E-state index contributed by atoms with van der Waals surface area (Å²) >= 11 is 1.45. The van der Waals surface area contributed by atoms with Crippen molar-refractivity contribution in [2.45, 2.75) is 13.5 Å². The van der Waals surface area contributed by atoms with Gasteiger partial charge in [0.05, 0.1) is 4.70 Å². The van der Waals surface area contributed by atoms with Gasteiger partial charge in [0.15, 0.2) is 0 Å². The van der Waals surface area contributed by atoms with Crippen LogP contribution in [0.1, 0.15) is 10.4 Å². The Morgan fingerprint density at radius 3 is 2.85 bits per heavy atom. The maximum absolute atomic E-state index is 13.3. The highest BCUT2D eigenvalue weighted by Crippen LogP contribution is 2.31. The van der Waals surface area contributed by atoms with Gasteiger partial charge < -0.3 is 5.73 Å². The molecule has 0 saturated heterocycles. The van der Waals surface area contributed by atoms with Gasteiger partial charge in [-0.05, 0) is 23.9 Å². The Morgan fingerprint density at radius 1 is 1.46 bits per heavy atom. The molecular weight excluding hydrogens is 185 g/mol. The summed E-state index contributed by atoms with van der Waals surface area (Å²) in [6, 6.07) is 5.15. The van der Waals surface area contributed by atoms with Crippen LogP contribution in [0.15, 0.2) is 18.2 Å². The van der Waals surface area contributed by atoms with E-state index in [-0.39, 0.29) is 5.82 Å². The molecule has 0 aliphatic carbocycles. The predicted molar refractivity (Wildman–Crippen MR) is 54.4 cm³/mol. The third-order valence-corrected chi connectivity index (χ3v) is 3.54. The fraction of sp³-hybridized carbons (Fsp3) is 0.200. The molecule has 2 rings (SSSR count). The maximum atomic E-state index is 13.3. The molecule has 2 N–H and O–H groups in total. The topological polar surface area (TPSA) is 26.0 Å². The minimum atomic E-state index is -0.148. The smallest absolute Gasteiger partial charge is 0.141 e. The molecule has 0 spiro atoms. The van der Waals surface area contributed by atoms with Gasteiger partial charge in [-0.15, -0.1) is 11.3 Å². The van der Waals surface area contributed by atoms with Crippen molar-refractivity contribution in [1.82, 2.24) is 0 Å². The molecule has 0 aliphatic heterocycles. The summed E-state index contributed by atoms with van der Waals surface area (Å²) in [5, 5.41) is 0.991. The highest BCUT2D eigenvalue weighted by molar-refractivity contribution is 7.19. The van der Waals surface area contributed by atoms with E-state index in [9.17, 15) is 4.39 Å². The molecule has 1 nitrogen and oxygen atoms in total. The van der Waals surface area contributed by atoms with E-state index >= 15 is 0 Å². The van der Waals surface area contributed by atoms with Gasteiger partial charge in [-0.1, -0.05) is 12.1 Å². The minimum absolute atomic E-state index is 0.148. The lowest BCUT2D eigenvalue weighted by Crippen LogP contribution is -1.93. The Morgan fingerprint density at radius 2 is 2.23 bits per heavy atom. The van der Waals surface area contributed by atoms with Crippen molar-refractivity contribution in [3.8, 4) is 0 Å². The van der Waals surface area contributed by atoms with Crippen molar-refractivity contribution in [3.63, 3.8) is 0 Å². The van der Waals surface area contributed by atoms with Crippen LogP contribution >= 0.6 is 11.3 Å². The van der Waals surface area contributed by atoms with Gasteiger partial charge >= 0.3 is 0 Å². The van der Waals surface area contributed by atoms with Gasteiger partial charge in [-0.25, -0.2) is 4.39 Å². The van der Waals surface area contributed by atoms with E-state index in [4.69, 9.17) is 5.73 Å². The average molecular weight is 195 g/mol. The first kappa shape index (κ1) is 8.66. The molecule has 0 unspecified atom stereocenters. The molecule has 3 heteroatoms. The predicted octanol–water partition coefficient (Wildman–Crippen LogP) is 2.81. The first-order valence-electron chi connectivity index (χ1n) is 4.10. The lowest BCUT2D eigenvalue weighted by molar-refractivity contribution is 0.641. The van der Waals surface area contributed by atoms with Crippen molar-refractivity contribution >= 4 is 21.4 Å². The summed E-state index contributed by atoms with van der Waals surface area (Å²) in [5.74, 6) is -0.148. The number of nitrogens with two attached hydrogens (primary N) is 1. The second-order valence-corrected chi connectivity index (χ2v) is 4.08. The monoisotopic (exact) mass is 195 g/mol. The Labute approximate surface area is 80.0 Å². The van der Waals surface area contributed by atoms with Crippen LogP contribution < -0.4 is 5.73 Å². The lowest BCUT2D eigenvalue weighted by Gasteiger charge is -1.92. The molecule has 13 heavy (non-hydrogen) atoms. The molecule has 0 atom stereocenters. The third-order valence-electron chi connectivity index (χ3n) is 2.20. The normalized spacial score (nSPS) is 11.0. The van der Waals surface area contributed by atoms with Crippen molar-refractivity contribution in [2.24, 2.45) is 5.73 Å².